The molecule has 6 heteroatoms. The van der Waals surface area contributed by atoms with Crippen LogP contribution in [-0.4, -0.2) is 34.9 Å². The van der Waals surface area contributed by atoms with Crippen molar-refractivity contribution < 1.29 is 24.2 Å². The van der Waals surface area contributed by atoms with Crippen LogP contribution < -0.4 is 5.73 Å². The molecule has 0 fully saturated rings. The summed E-state index contributed by atoms with van der Waals surface area (Å²) in [4.78, 5) is 20.9. The van der Waals surface area contributed by atoms with Crippen LogP contribution in [0.2, 0.25) is 0 Å². The van der Waals surface area contributed by atoms with Crippen LogP contribution in [0.4, 0.5) is 4.39 Å². The van der Waals surface area contributed by atoms with Gasteiger partial charge >= 0.3 is 11.9 Å². The van der Waals surface area contributed by atoms with Crippen molar-refractivity contribution in [3.05, 3.63) is 0 Å². The smallest absolute Gasteiger partial charge is 0.320 e. The molecule has 0 aromatic heterocycles. The summed E-state index contributed by atoms with van der Waals surface area (Å²) < 4.78 is 11.8. The largest absolute Gasteiger partial charge is 0.481 e. The van der Waals surface area contributed by atoms with Crippen molar-refractivity contribution in [2.45, 2.75) is 25.3 Å². The lowest BCUT2D eigenvalue weighted by Gasteiger charge is -2.13. The molecule has 0 aliphatic rings. The number of carboxylic acids is 2. The van der Waals surface area contributed by atoms with Gasteiger partial charge in [0.15, 0.2) is 0 Å². The fraction of sp³-hybridized carbons (Fsp3) is 0.750. The minimum absolute atomic E-state index is 0.114. The van der Waals surface area contributed by atoms with Gasteiger partial charge in [-0.05, 0) is 19.3 Å². The summed E-state index contributed by atoms with van der Waals surface area (Å²) >= 11 is 0. The summed E-state index contributed by atoms with van der Waals surface area (Å²) in [6, 6.07) is -1.20. The van der Waals surface area contributed by atoms with E-state index >= 15 is 0 Å². The van der Waals surface area contributed by atoms with Crippen LogP contribution in [0.3, 0.4) is 0 Å². The van der Waals surface area contributed by atoms with Crippen molar-refractivity contribution in [1.29, 1.82) is 0 Å². The monoisotopic (exact) mass is 206 g/mol. The molecule has 14 heavy (non-hydrogen) atoms. The van der Waals surface area contributed by atoms with Crippen molar-refractivity contribution in [2.75, 3.05) is 6.67 Å². The maximum absolute atomic E-state index is 11.8. The molecule has 4 N–H and O–H groups in total. The molecule has 2 atom stereocenters. The maximum atomic E-state index is 11.8. The third-order valence-electron chi connectivity index (χ3n) is 1.89. The Hall–Kier alpha value is -1.17. The minimum Gasteiger partial charge on any atom is -0.481 e. The van der Waals surface area contributed by atoms with E-state index in [0.29, 0.717) is 0 Å². The molecule has 0 rings (SSSR count). The number of nitrogens with two attached hydrogens (primary N) is 1. The lowest BCUT2D eigenvalue weighted by molar-refractivity contribution is -0.143. The fourth-order valence-electron chi connectivity index (χ4n) is 1.07. The van der Waals surface area contributed by atoms with Gasteiger partial charge in [-0.1, -0.05) is 0 Å². The zero-order valence-corrected chi connectivity index (χ0v) is 7.65. The molecule has 0 unspecified atom stereocenters. The van der Waals surface area contributed by atoms with Crippen LogP contribution in [0.15, 0.2) is 0 Å². The SMILES string of the molecule is N[C@H](C[C@H](CCC[18F])C(=O)O)C(=O)O. The summed E-state index contributed by atoms with van der Waals surface area (Å²) in [5.74, 6) is -3.25. The van der Waals surface area contributed by atoms with Gasteiger partial charge in [-0.2, -0.15) is 0 Å². The average Bonchev–Trinajstić information content (AvgIpc) is 2.10. The summed E-state index contributed by atoms with van der Waals surface area (Å²) in [5.41, 5.74) is 5.17. The molecule has 0 amide bonds. The Bertz CT molecular complexity index is 210. The Morgan fingerprint density at radius 2 is 1.86 bits per heavy atom. The summed E-state index contributed by atoms with van der Waals surface area (Å²) in [6.07, 6.45) is 0.0702. The number of alkyl halides is 1. The Morgan fingerprint density at radius 1 is 1.29 bits per heavy atom. The number of carboxylic acid groups (broad SMARTS) is 2. The van der Waals surface area contributed by atoms with Crippen LogP contribution >= 0.6 is 0 Å². The highest BCUT2D eigenvalue weighted by Gasteiger charge is 2.23. The van der Waals surface area contributed by atoms with Crippen LogP contribution in [-0.2, 0) is 9.59 Å². The van der Waals surface area contributed by atoms with E-state index < -0.39 is 30.6 Å². The van der Waals surface area contributed by atoms with E-state index in [9.17, 15) is 14.0 Å². The van der Waals surface area contributed by atoms with Gasteiger partial charge in [-0.3, -0.25) is 14.0 Å². The topological polar surface area (TPSA) is 101 Å². The van der Waals surface area contributed by atoms with Gasteiger partial charge in [0, 0.05) is 0 Å². The lowest BCUT2D eigenvalue weighted by Crippen LogP contribution is -2.34. The van der Waals surface area contributed by atoms with Crippen LogP contribution in [0.1, 0.15) is 19.3 Å². The molecule has 5 nitrogen and oxygen atoms in total. The van der Waals surface area contributed by atoms with Crippen LogP contribution in [0, 0.1) is 5.92 Å². The molecule has 0 aliphatic carbocycles. The highest BCUT2D eigenvalue weighted by Crippen LogP contribution is 2.13. The predicted octanol–water partition coefficient (Wildman–Crippen LogP) is 0.239. The molecule has 0 bridgehead atoms. The third-order valence-corrected chi connectivity index (χ3v) is 1.89. The predicted molar refractivity (Wildman–Crippen MR) is 46.6 cm³/mol. The van der Waals surface area contributed by atoms with E-state index in [1.165, 1.54) is 0 Å². The molecule has 0 saturated heterocycles. The molecule has 0 saturated carbocycles. The third kappa shape index (κ3) is 4.76. The Balaban J connectivity index is 4.08. The van der Waals surface area contributed by atoms with Gasteiger partial charge in [-0.25, -0.2) is 0 Å². The second-order valence-corrected chi connectivity index (χ2v) is 3.05. The first-order chi connectivity index (χ1) is 6.49. The molecule has 0 heterocycles. The average molecular weight is 206 g/mol. The van der Waals surface area contributed by atoms with E-state index in [-0.39, 0.29) is 19.3 Å². The number of carbonyl (C=O) groups is 2. The Kier molecular flexibility index (Phi) is 5.78. The second-order valence-electron chi connectivity index (χ2n) is 3.05. The van der Waals surface area contributed by atoms with Crippen molar-refractivity contribution in [3.8, 4) is 0 Å². The minimum atomic E-state index is -1.24. The molecule has 0 aromatic rings. The van der Waals surface area contributed by atoms with Crippen molar-refractivity contribution in [2.24, 2.45) is 11.7 Å². The molecule has 0 aliphatic heterocycles. The zero-order chi connectivity index (χ0) is 11.1. The van der Waals surface area contributed by atoms with E-state index in [2.05, 4.69) is 0 Å². The van der Waals surface area contributed by atoms with Crippen LogP contribution in [0.25, 0.3) is 0 Å². The summed E-state index contributed by atoms with van der Waals surface area (Å²) in [7, 11) is 0. The number of hydrogen-bond acceptors (Lipinski definition) is 3. The first-order valence-corrected chi connectivity index (χ1v) is 4.26. The second kappa shape index (κ2) is 6.31. The zero-order valence-electron chi connectivity index (χ0n) is 7.65. The van der Waals surface area contributed by atoms with Gasteiger partial charge < -0.3 is 15.9 Å². The number of aliphatic carboxylic acids is 2. The highest BCUT2D eigenvalue weighted by molar-refractivity contribution is 5.75. The first-order valence-electron chi connectivity index (χ1n) is 4.26. The molecule has 82 valence electrons. The first kappa shape index (κ1) is 12.8. The van der Waals surface area contributed by atoms with E-state index in [0.717, 1.165) is 0 Å². The fourth-order valence-corrected chi connectivity index (χ4v) is 1.07. The molecule has 0 radical (unpaired) electrons. The summed E-state index contributed by atoms with van der Waals surface area (Å²) in [5, 5.41) is 17.1. The van der Waals surface area contributed by atoms with E-state index in [1.807, 2.05) is 0 Å². The van der Waals surface area contributed by atoms with Gasteiger partial charge in [0.25, 0.3) is 0 Å². The highest BCUT2D eigenvalue weighted by atomic mass is 18.2. The standard InChI is InChI=1S/C8H14FNO4/c9-3-1-2-5(7(11)12)4-6(10)8(13)14/h5-6H,1-4,10H2,(H,11,12)(H,13,14)/t5-,6+/m0/s1/i9-1. The molecule has 0 spiro atoms. The van der Waals surface area contributed by atoms with Crippen molar-refractivity contribution >= 4 is 11.9 Å². The van der Waals surface area contributed by atoms with Gasteiger partial charge in [0.05, 0.1) is 12.6 Å². The van der Waals surface area contributed by atoms with Gasteiger partial charge in [-0.15, -0.1) is 0 Å². The lowest BCUT2D eigenvalue weighted by atomic mass is 9.96. The molecular formula is C8H14FNO4. The van der Waals surface area contributed by atoms with Crippen LogP contribution in [0.5, 0.6) is 0 Å². The Labute approximate surface area is 80.7 Å². The quantitative estimate of drug-likeness (QED) is 0.554. The molecule has 0 aromatic carbocycles. The number of rotatable bonds is 7. The normalized spacial score (nSPS) is 14.7. The van der Waals surface area contributed by atoms with Crippen molar-refractivity contribution in [1.82, 2.24) is 0 Å². The Morgan fingerprint density at radius 3 is 2.21 bits per heavy atom. The summed E-state index contributed by atoms with van der Waals surface area (Å²) in [6.45, 7) is -0.605. The van der Waals surface area contributed by atoms with Crippen molar-refractivity contribution in [3.63, 3.8) is 0 Å². The van der Waals surface area contributed by atoms with E-state index in [4.69, 9.17) is 15.9 Å². The number of halogens is 1. The maximum Gasteiger partial charge on any atom is 0.320 e. The van der Waals surface area contributed by atoms with Gasteiger partial charge in [0.2, 0.25) is 0 Å². The van der Waals surface area contributed by atoms with Gasteiger partial charge in [0.1, 0.15) is 6.04 Å². The number of hydrogen-bond donors (Lipinski definition) is 3. The van der Waals surface area contributed by atoms with E-state index in [1.54, 1.807) is 0 Å². The molecular weight excluding hydrogens is 192 g/mol.